The third kappa shape index (κ3) is 4.23. The summed E-state index contributed by atoms with van der Waals surface area (Å²) in [5, 5.41) is 10.2. The summed E-state index contributed by atoms with van der Waals surface area (Å²) in [5.74, 6) is -4.26. The Bertz CT molecular complexity index is 1290. The first-order valence-electron chi connectivity index (χ1n) is 9.65. The van der Waals surface area contributed by atoms with Gasteiger partial charge in [0.15, 0.2) is 12.5 Å². The van der Waals surface area contributed by atoms with Crippen molar-refractivity contribution in [3.63, 3.8) is 0 Å². The zero-order chi connectivity index (χ0) is 24.2. The number of aromatic nitrogens is 2. The Hall–Kier alpha value is -2.70. The number of halogens is 2. The van der Waals surface area contributed by atoms with Gasteiger partial charge in [-0.3, -0.25) is 28.2 Å². The monoisotopic (exact) mass is 462 g/mol. The van der Waals surface area contributed by atoms with Gasteiger partial charge in [0.25, 0.3) is 5.56 Å². The van der Waals surface area contributed by atoms with E-state index in [0.717, 1.165) is 18.2 Å². The van der Waals surface area contributed by atoms with Crippen molar-refractivity contribution < 1.29 is 44.3 Å². The van der Waals surface area contributed by atoms with E-state index in [1.807, 2.05) is 0 Å². The maximum absolute atomic E-state index is 15.5. The Kier molecular flexibility index (Phi) is 4.77. The van der Waals surface area contributed by atoms with E-state index in [0.29, 0.717) is 10.8 Å². The Balaban J connectivity index is 1.59. The van der Waals surface area contributed by atoms with Gasteiger partial charge in [0.2, 0.25) is 5.85 Å². The number of phosphoric acid groups is 1. The van der Waals surface area contributed by atoms with Gasteiger partial charge in [-0.05, 0) is 18.2 Å². The number of carbonyl (C=O) groups excluding carboxylic acids is 1. The van der Waals surface area contributed by atoms with Crippen molar-refractivity contribution in [1.82, 2.24) is 9.55 Å². The normalized spacial score (nSPS) is 31.3. The minimum absolute atomic E-state index is 0.105. The van der Waals surface area contributed by atoms with Crippen molar-refractivity contribution >= 4 is 14.1 Å². The van der Waals surface area contributed by atoms with Crippen LogP contribution in [0, 0.1) is 5.82 Å². The number of aliphatic hydroxyl groups is 1. The Morgan fingerprint density at radius 2 is 2.26 bits per heavy atom. The number of benzene rings is 1. The van der Waals surface area contributed by atoms with Gasteiger partial charge in [-0.25, -0.2) is 18.1 Å². The number of ether oxygens (including phenoxy) is 1. The Labute approximate surface area is 174 Å². The summed E-state index contributed by atoms with van der Waals surface area (Å²) in [6.07, 6.45) is -4.03. The highest BCUT2D eigenvalue weighted by Gasteiger charge is 2.50. The molecule has 1 fully saturated rings. The van der Waals surface area contributed by atoms with Gasteiger partial charge in [0.1, 0.15) is 24.2 Å². The van der Waals surface area contributed by atoms with E-state index in [4.69, 9.17) is 21.0 Å². The fourth-order valence-corrected chi connectivity index (χ4v) is 4.09. The molecule has 1 aromatic heterocycles. The van der Waals surface area contributed by atoms with E-state index in [-0.39, 0.29) is 17.6 Å². The number of aromatic amines is 1. The minimum Gasteiger partial charge on any atom is -0.404 e. The van der Waals surface area contributed by atoms with Crippen LogP contribution in [0.2, 0.25) is 0 Å². The molecule has 0 radical (unpaired) electrons. The molecule has 14 heteroatoms. The molecule has 0 spiro atoms. The van der Waals surface area contributed by atoms with Gasteiger partial charge in [-0.2, -0.15) is 0 Å². The van der Waals surface area contributed by atoms with Gasteiger partial charge in [0, 0.05) is 18.2 Å². The highest BCUT2D eigenvalue weighted by Crippen LogP contribution is 2.55. The van der Waals surface area contributed by atoms with Crippen molar-refractivity contribution in [2.75, 3.05) is 6.56 Å². The van der Waals surface area contributed by atoms with Crippen LogP contribution in [0.15, 0.2) is 34.0 Å². The zero-order valence-corrected chi connectivity index (χ0v) is 16.2. The molecule has 2 aliphatic rings. The van der Waals surface area contributed by atoms with Crippen LogP contribution in [0.5, 0.6) is 5.75 Å². The first-order valence-corrected chi connectivity index (χ1v) is 10.1. The lowest BCUT2D eigenvalue weighted by molar-refractivity contribution is -0.179. The lowest BCUT2D eigenvalue weighted by Gasteiger charge is -2.27. The van der Waals surface area contributed by atoms with E-state index >= 15 is 4.39 Å². The number of carbonyl (C=O) groups is 1. The molecule has 0 bridgehead atoms. The number of fused-ring (bicyclic) bond motifs is 1. The number of alkyl halides is 1. The van der Waals surface area contributed by atoms with Crippen molar-refractivity contribution in [1.29, 1.82) is 0 Å². The molecule has 2 N–H and O–H groups in total. The molecule has 166 valence electrons. The third-order valence-electron chi connectivity index (χ3n) is 4.43. The van der Waals surface area contributed by atoms with Crippen LogP contribution in [0.1, 0.15) is 31.3 Å². The minimum atomic E-state index is -4.78. The van der Waals surface area contributed by atoms with Crippen molar-refractivity contribution in [3.8, 4) is 5.75 Å². The summed E-state index contributed by atoms with van der Waals surface area (Å²) in [4.78, 5) is 36.3. The molecule has 0 aliphatic carbocycles. The number of aliphatic hydroxyl groups excluding tert-OH is 1. The molecule has 0 saturated carbocycles. The van der Waals surface area contributed by atoms with Gasteiger partial charge >= 0.3 is 13.5 Å². The quantitative estimate of drug-likeness (QED) is 0.494. The van der Waals surface area contributed by atoms with Crippen molar-refractivity contribution in [3.05, 3.63) is 62.2 Å². The lowest BCUT2D eigenvalue weighted by atomic mass is 10.2. The smallest absolute Gasteiger partial charge is 0.404 e. The fraction of sp³-hybridized carbons (Fsp3) is 0.353. The standard InChI is InChI=1S/C17H15F2N2O9P/c18-11-1-2-13-9(3-11)7-27-31(26,30-13)28-8-17(19)4-12(23)15(29-17)21-5-10(6-22)14(24)20-16(21)25/h1-3,5-6,12,15,23H,4,7-8H2,(H,20,24,25)/t12-,15-,17+,31?/m1/s1/i8D2. The SMILES string of the molecule is [2H]C([2H])(OP1(=O)OCc2cc(F)ccc2O1)[C@]1(F)C[C@@H](O)[C@H](n2cc(C=O)c(=O)[nH]c2=O)O1. The summed E-state index contributed by atoms with van der Waals surface area (Å²) in [6, 6.07) is 3.11. The highest BCUT2D eigenvalue weighted by molar-refractivity contribution is 7.49. The van der Waals surface area contributed by atoms with Gasteiger partial charge < -0.3 is 14.4 Å². The van der Waals surface area contributed by atoms with E-state index in [1.165, 1.54) is 0 Å². The molecule has 1 unspecified atom stereocenters. The van der Waals surface area contributed by atoms with Gasteiger partial charge in [0.05, 0.1) is 14.9 Å². The topological polar surface area (TPSA) is 146 Å². The van der Waals surface area contributed by atoms with E-state index < -0.39 is 68.2 Å². The number of nitrogens with zero attached hydrogens (tertiary/aromatic N) is 1. The van der Waals surface area contributed by atoms with Crippen LogP contribution >= 0.6 is 7.82 Å². The molecule has 1 aromatic carbocycles. The molecule has 31 heavy (non-hydrogen) atoms. The molecule has 1 saturated heterocycles. The van der Waals surface area contributed by atoms with Crippen LogP contribution in [0.3, 0.4) is 0 Å². The highest BCUT2D eigenvalue weighted by atomic mass is 31.2. The molecule has 11 nitrogen and oxygen atoms in total. The van der Waals surface area contributed by atoms with Crippen LogP contribution in [-0.4, -0.2) is 39.5 Å². The van der Waals surface area contributed by atoms with Crippen LogP contribution in [-0.2, 0) is 25.0 Å². The second-order valence-electron chi connectivity index (χ2n) is 6.63. The summed E-state index contributed by atoms with van der Waals surface area (Å²) in [5.41, 5.74) is -2.59. The zero-order valence-electron chi connectivity index (χ0n) is 17.3. The number of hydrogen-bond donors (Lipinski definition) is 2. The number of aldehydes is 1. The van der Waals surface area contributed by atoms with Crippen LogP contribution in [0.25, 0.3) is 0 Å². The second kappa shape index (κ2) is 7.77. The van der Waals surface area contributed by atoms with Gasteiger partial charge in [-0.15, -0.1) is 0 Å². The molecule has 4 rings (SSSR count). The molecular weight excluding hydrogens is 445 g/mol. The summed E-state index contributed by atoms with van der Waals surface area (Å²) in [6.45, 7) is -4.05. The molecule has 2 aromatic rings. The average molecular weight is 462 g/mol. The van der Waals surface area contributed by atoms with Crippen molar-refractivity contribution in [2.45, 2.75) is 31.2 Å². The molecule has 2 aliphatic heterocycles. The first-order chi connectivity index (χ1) is 15.4. The fourth-order valence-electron chi connectivity index (χ4n) is 2.98. The maximum atomic E-state index is 15.5. The lowest BCUT2D eigenvalue weighted by Crippen LogP contribution is -2.37. The Morgan fingerprint density at radius 1 is 1.48 bits per heavy atom. The third-order valence-corrected chi connectivity index (χ3v) is 5.61. The number of H-pyrrole nitrogens is 1. The molecule has 0 amide bonds. The van der Waals surface area contributed by atoms with Gasteiger partial charge in [-0.1, -0.05) is 0 Å². The predicted octanol–water partition coefficient (Wildman–Crippen LogP) is 1.17. The number of phosphoric ester groups is 1. The summed E-state index contributed by atoms with van der Waals surface area (Å²) >= 11 is 0. The van der Waals surface area contributed by atoms with E-state index in [1.54, 1.807) is 4.98 Å². The molecule has 4 atom stereocenters. The predicted molar refractivity (Wildman–Crippen MR) is 96.7 cm³/mol. The largest absolute Gasteiger partial charge is 0.530 e. The maximum Gasteiger partial charge on any atom is 0.530 e. The second-order valence-corrected chi connectivity index (χ2v) is 8.15. The van der Waals surface area contributed by atoms with Crippen LogP contribution in [0.4, 0.5) is 8.78 Å². The average Bonchev–Trinajstić information content (AvgIpc) is 3.04. The van der Waals surface area contributed by atoms with E-state index in [9.17, 15) is 28.4 Å². The molecule has 3 heterocycles. The van der Waals surface area contributed by atoms with Crippen LogP contribution < -0.4 is 15.8 Å². The van der Waals surface area contributed by atoms with E-state index in [2.05, 4.69) is 0 Å². The Morgan fingerprint density at radius 3 is 3.00 bits per heavy atom. The summed E-state index contributed by atoms with van der Waals surface area (Å²) < 4.78 is 77.5. The summed E-state index contributed by atoms with van der Waals surface area (Å²) in [7, 11) is -4.78. The number of hydrogen-bond acceptors (Lipinski definition) is 9. The van der Waals surface area contributed by atoms with Crippen molar-refractivity contribution in [2.24, 2.45) is 0 Å². The number of rotatable bonds is 5. The first kappa shape index (κ1) is 19.0. The number of nitrogens with one attached hydrogen (secondary N) is 1. The molecular formula is C17H15F2N2O9P.